The van der Waals surface area contributed by atoms with Crippen LogP contribution >= 0.6 is 0 Å². The largest absolute Gasteiger partial charge is 0.378 e. The van der Waals surface area contributed by atoms with E-state index in [4.69, 9.17) is 9.47 Å². The Balaban J connectivity index is 1.72. The molecule has 2 aromatic heterocycles. The van der Waals surface area contributed by atoms with Gasteiger partial charge in [-0.3, -0.25) is 0 Å². The van der Waals surface area contributed by atoms with Crippen molar-refractivity contribution in [2.24, 2.45) is 0 Å². The van der Waals surface area contributed by atoms with E-state index in [2.05, 4.69) is 26.8 Å². The van der Waals surface area contributed by atoms with E-state index in [0.29, 0.717) is 6.61 Å². The molecule has 0 bridgehead atoms. The Kier molecular flexibility index (Phi) is 2.68. The molecular formula is C14H18N4O2. The maximum Gasteiger partial charge on any atom is 0.142 e. The Bertz CT molecular complexity index is 620. The van der Waals surface area contributed by atoms with Crippen molar-refractivity contribution in [2.45, 2.75) is 25.0 Å². The minimum atomic E-state index is -0.175. The highest BCUT2D eigenvalue weighted by molar-refractivity contribution is 5.87. The van der Waals surface area contributed by atoms with Crippen LogP contribution in [0.2, 0.25) is 0 Å². The summed E-state index contributed by atoms with van der Waals surface area (Å²) < 4.78 is 11.7. The molecule has 0 amide bonds. The summed E-state index contributed by atoms with van der Waals surface area (Å²) in [5, 5.41) is 1.07. The predicted octanol–water partition coefficient (Wildman–Crippen LogP) is 1.34. The highest BCUT2D eigenvalue weighted by Gasteiger charge is 2.43. The molecule has 0 radical (unpaired) electrons. The Morgan fingerprint density at radius 1 is 1.45 bits per heavy atom. The Morgan fingerprint density at radius 2 is 2.40 bits per heavy atom. The number of nitrogens with one attached hydrogen (secondary N) is 1. The molecule has 6 nitrogen and oxygen atoms in total. The van der Waals surface area contributed by atoms with Crippen LogP contribution in [0.15, 0.2) is 18.6 Å². The highest BCUT2D eigenvalue weighted by Crippen LogP contribution is 2.33. The van der Waals surface area contributed by atoms with E-state index in [1.807, 2.05) is 12.3 Å². The molecule has 2 aromatic rings. The van der Waals surface area contributed by atoms with Crippen molar-refractivity contribution < 1.29 is 9.47 Å². The Labute approximate surface area is 117 Å². The molecule has 4 heterocycles. The van der Waals surface area contributed by atoms with Gasteiger partial charge >= 0.3 is 0 Å². The van der Waals surface area contributed by atoms with Crippen LogP contribution in [0.5, 0.6) is 0 Å². The number of aromatic amines is 1. The third-order valence-electron chi connectivity index (χ3n) is 4.11. The number of hydrogen-bond donors (Lipinski definition) is 1. The molecule has 2 saturated heterocycles. The summed E-state index contributed by atoms with van der Waals surface area (Å²) in [7, 11) is 0. The summed E-state index contributed by atoms with van der Waals surface area (Å²) in [4.78, 5) is 14.2. The van der Waals surface area contributed by atoms with Crippen LogP contribution < -0.4 is 4.90 Å². The summed E-state index contributed by atoms with van der Waals surface area (Å²) in [5.41, 5.74) is 0.705. The number of rotatable bonds is 1. The minimum absolute atomic E-state index is 0.175. The molecule has 4 rings (SSSR count). The molecule has 0 aromatic carbocycles. The third kappa shape index (κ3) is 1.87. The summed E-state index contributed by atoms with van der Waals surface area (Å²) >= 11 is 0. The van der Waals surface area contributed by atoms with Crippen LogP contribution in [-0.2, 0) is 9.47 Å². The molecule has 1 N–H and O–H groups in total. The van der Waals surface area contributed by atoms with Crippen LogP contribution in [0, 0.1) is 0 Å². The fraction of sp³-hybridized carbons (Fsp3) is 0.571. The number of fused-ring (bicyclic) bond motifs is 1. The first kappa shape index (κ1) is 12.1. The third-order valence-corrected chi connectivity index (χ3v) is 4.11. The van der Waals surface area contributed by atoms with Crippen molar-refractivity contribution in [3.05, 3.63) is 18.6 Å². The van der Waals surface area contributed by atoms with E-state index in [9.17, 15) is 0 Å². The average Bonchev–Trinajstić information content (AvgIpc) is 3.06. The summed E-state index contributed by atoms with van der Waals surface area (Å²) in [6.07, 6.45) is 4.65. The Morgan fingerprint density at radius 3 is 3.25 bits per heavy atom. The number of anilines is 1. The quantitative estimate of drug-likeness (QED) is 0.850. The number of nitrogens with zero attached hydrogens (tertiary/aromatic N) is 3. The Hall–Kier alpha value is -1.66. The van der Waals surface area contributed by atoms with E-state index >= 15 is 0 Å². The number of hydrogen-bond acceptors (Lipinski definition) is 5. The van der Waals surface area contributed by atoms with Gasteiger partial charge in [-0.2, -0.15) is 0 Å². The minimum Gasteiger partial charge on any atom is -0.378 e. The molecule has 2 fully saturated rings. The molecule has 106 valence electrons. The zero-order chi connectivity index (χ0) is 13.6. The van der Waals surface area contributed by atoms with Gasteiger partial charge in [0.2, 0.25) is 0 Å². The predicted molar refractivity (Wildman–Crippen MR) is 74.8 cm³/mol. The number of aromatic nitrogens is 3. The number of morpholine rings is 1. The highest BCUT2D eigenvalue weighted by atomic mass is 16.6. The van der Waals surface area contributed by atoms with Crippen molar-refractivity contribution in [2.75, 3.05) is 31.2 Å². The van der Waals surface area contributed by atoms with Gasteiger partial charge in [0.25, 0.3) is 0 Å². The molecule has 2 atom stereocenters. The maximum absolute atomic E-state index is 6.16. The standard InChI is InChI=1S/C14H18N4O2/c1-10-6-18(7-14(20-10)3-5-19-8-14)13-11-2-4-15-12(11)16-9-17-13/h2,4,9-10H,3,5-8H2,1H3,(H,15,16,17). The zero-order valence-electron chi connectivity index (χ0n) is 11.5. The van der Waals surface area contributed by atoms with E-state index < -0.39 is 0 Å². The smallest absolute Gasteiger partial charge is 0.142 e. The molecule has 2 unspecified atom stereocenters. The topological polar surface area (TPSA) is 63.3 Å². The summed E-state index contributed by atoms with van der Waals surface area (Å²) in [6, 6.07) is 2.03. The van der Waals surface area contributed by atoms with Gasteiger partial charge in [-0.05, 0) is 13.0 Å². The van der Waals surface area contributed by atoms with E-state index in [-0.39, 0.29) is 11.7 Å². The lowest BCUT2D eigenvalue weighted by molar-refractivity contribution is -0.0990. The van der Waals surface area contributed by atoms with Crippen LogP contribution in [-0.4, -0.2) is 53.0 Å². The number of H-pyrrole nitrogens is 1. The lowest BCUT2D eigenvalue weighted by atomic mass is 9.99. The molecular weight excluding hydrogens is 256 g/mol. The number of ether oxygens (including phenoxy) is 2. The van der Waals surface area contributed by atoms with Crippen LogP contribution in [0.4, 0.5) is 5.82 Å². The fourth-order valence-corrected chi connectivity index (χ4v) is 3.30. The lowest BCUT2D eigenvalue weighted by Crippen LogP contribution is -2.55. The SMILES string of the molecule is CC1CN(c2ncnc3[nH]ccc23)CC2(CCOC2)O1. The first-order valence-corrected chi connectivity index (χ1v) is 7.04. The second-order valence-electron chi connectivity index (χ2n) is 5.73. The maximum atomic E-state index is 6.16. The van der Waals surface area contributed by atoms with E-state index in [1.54, 1.807) is 6.33 Å². The molecule has 20 heavy (non-hydrogen) atoms. The second kappa shape index (κ2) is 4.43. The van der Waals surface area contributed by atoms with E-state index in [1.165, 1.54) is 0 Å². The first-order valence-electron chi connectivity index (χ1n) is 7.04. The van der Waals surface area contributed by atoms with Gasteiger partial charge in [-0.25, -0.2) is 9.97 Å². The van der Waals surface area contributed by atoms with E-state index in [0.717, 1.165) is 43.0 Å². The lowest BCUT2D eigenvalue weighted by Gasteiger charge is -2.43. The molecule has 1 spiro atoms. The second-order valence-corrected chi connectivity index (χ2v) is 5.73. The van der Waals surface area contributed by atoms with Crippen molar-refractivity contribution in [1.82, 2.24) is 15.0 Å². The molecule has 6 heteroatoms. The average molecular weight is 274 g/mol. The first-order chi connectivity index (χ1) is 9.76. The van der Waals surface area contributed by atoms with Gasteiger partial charge in [0.05, 0.1) is 24.6 Å². The van der Waals surface area contributed by atoms with Gasteiger partial charge < -0.3 is 19.4 Å². The van der Waals surface area contributed by atoms with Gasteiger partial charge in [0.15, 0.2) is 0 Å². The molecule has 0 saturated carbocycles. The molecule has 2 aliphatic rings. The van der Waals surface area contributed by atoms with Gasteiger partial charge in [-0.1, -0.05) is 0 Å². The van der Waals surface area contributed by atoms with Crippen molar-refractivity contribution in [1.29, 1.82) is 0 Å². The fourth-order valence-electron chi connectivity index (χ4n) is 3.30. The monoisotopic (exact) mass is 274 g/mol. The van der Waals surface area contributed by atoms with Crippen molar-refractivity contribution >= 4 is 16.9 Å². The summed E-state index contributed by atoms with van der Waals surface area (Å²) in [5.74, 6) is 0.984. The normalized spacial score (nSPS) is 30.4. The van der Waals surface area contributed by atoms with Gasteiger partial charge in [0.1, 0.15) is 23.4 Å². The van der Waals surface area contributed by atoms with Gasteiger partial charge in [0, 0.05) is 25.8 Å². The summed E-state index contributed by atoms with van der Waals surface area (Å²) in [6.45, 7) is 5.24. The van der Waals surface area contributed by atoms with Crippen LogP contribution in [0.25, 0.3) is 11.0 Å². The van der Waals surface area contributed by atoms with Crippen molar-refractivity contribution in [3.63, 3.8) is 0 Å². The van der Waals surface area contributed by atoms with Gasteiger partial charge in [-0.15, -0.1) is 0 Å². The zero-order valence-corrected chi connectivity index (χ0v) is 11.5. The van der Waals surface area contributed by atoms with Crippen molar-refractivity contribution in [3.8, 4) is 0 Å². The van der Waals surface area contributed by atoms with Crippen LogP contribution in [0.3, 0.4) is 0 Å². The molecule has 2 aliphatic heterocycles. The molecule has 0 aliphatic carbocycles. The van der Waals surface area contributed by atoms with Crippen LogP contribution in [0.1, 0.15) is 13.3 Å².